The Labute approximate surface area is 185 Å². The Balaban J connectivity index is 1.45. The minimum atomic E-state index is 0.536. The van der Waals surface area contributed by atoms with Crippen molar-refractivity contribution in [2.45, 2.75) is 13.0 Å². The summed E-state index contributed by atoms with van der Waals surface area (Å²) >= 11 is 12.9. The summed E-state index contributed by atoms with van der Waals surface area (Å²) in [5, 5.41) is 9.51. The Morgan fingerprint density at radius 2 is 1.63 bits per heavy atom. The van der Waals surface area contributed by atoms with Crippen molar-refractivity contribution < 1.29 is 4.74 Å². The quantitative estimate of drug-likeness (QED) is 0.394. The zero-order chi connectivity index (χ0) is 20.5. The molecule has 0 spiro atoms. The highest BCUT2D eigenvalue weighted by Gasteiger charge is 2.26. The average Bonchev–Trinajstić information content (AvgIpc) is 3.37. The van der Waals surface area contributed by atoms with Crippen molar-refractivity contribution in [2.24, 2.45) is 0 Å². The second kappa shape index (κ2) is 8.05. The summed E-state index contributed by atoms with van der Waals surface area (Å²) in [6, 6.07) is 23.6. The van der Waals surface area contributed by atoms with Crippen molar-refractivity contribution >= 4 is 29.0 Å². The Morgan fingerprint density at radius 1 is 0.900 bits per heavy atom. The molecule has 0 unspecified atom stereocenters. The van der Waals surface area contributed by atoms with Crippen LogP contribution in [-0.4, -0.2) is 16.3 Å². The lowest BCUT2D eigenvalue weighted by Crippen LogP contribution is -2.04. The van der Waals surface area contributed by atoms with Gasteiger partial charge in [0.25, 0.3) is 0 Å². The number of halogens is 2. The van der Waals surface area contributed by atoms with Crippen molar-refractivity contribution in [3.8, 4) is 22.7 Å². The third-order valence-electron chi connectivity index (χ3n) is 5.18. The molecule has 0 saturated carbocycles. The van der Waals surface area contributed by atoms with E-state index in [1.165, 1.54) is 0 Å². The van der Waals surface area contributed by atoms with Gasteiger partial charge in [-0.1, -0.05) is 59.6 Å². The van der Waals surface area contributed by atoms with Gasteiger partial charge in [-0.3, -0.25) is 0 Å². The number of hydrogen-bond donors (Lipinski definition) is 1. The van der Waals surface area contributed by atoms with Crippen molar-refractivity contribution in [1.29, 1.82) is 0 Å². The zero-order valence-electron chi connectivity index (χ0n) is 16.1. The van der Waals surface area contributed by atoms with Gasteiger partial charge >= 0.3 is 0 Å². The van der Waals surface area contributed by atoms with Gasteiger partial charge in [0.15, 0.2) is 0 Å². The maximum atomic E-state index is 6.46. The van der Waals surface area contributed by atoms with Gasteiger partial charge in [-0.25, -0.2) is 4.68 Å². The van der Waals surface area contributed by atoms with E-state index in [0.717, 1.165) is 52.6 Å². The first-order chi connectivity index (χ1) is 14.7. The fourth-order valence-corrected chi connectivity index (χ4v) is 4.29. The third kappa shape index (κ3) is 3.53. The molecule has 5 rings (SSSR count). The zero-order valence-corrected chi connectivity index (χ0v) is 17.6. The molecule has 0 amide bonds. The Hall–Kier alpha value is -2.95. The van der Waals surface area contributed by atoms with Crippen LogP contribution in [0.1, 0.15) is 11.1 Å². The van der Waals surface area contributed by atoms with Crippen molar-refractivity contribution in [1.82, 2.24) is 9.78 Å². The molecule has 30 heavy (non-hydrogen) atoms. The third-order valence-corrected chi connectivity index (χ3v) is 5.81. The molecule has 3 aromatic carbocycles. The molecule has 1 aliphatic rings. The molecule has 4 aromatic rings. The molecule has 6 heteroatoms. The number of nitrogens with zero attached hydrogens (tertiary/aromatic N) is 2. The molecule has 0 atom stereocenters. The van der Waals surface area contributed by atoms with E-state index in [2.05, 4.69) is 17.4 Å². The van der Waals surface area contributed by atoms with Gasteiger partial charge in [0, 0.05) is 17.7 Å². The molecule has 150 valence electrons. The fourth-order valence-electron chi connectivity index (χ4n) is 3.71. The van der Waals surface area contributed by atoms with Gasteiger partial charge in [0.05, 0.1) is 15.7 Å². The van der Waals surface area contributed by atoms with Crippen LogP contribution in [0.25, 0.3) is 16.9 Å². The Bertz CT molecular complexity index is 1170. The van der Waals surface area contributed by atoms with Crippen LogP contribution in [0.3, 0.4) is 0 Å². The number of nitrogens with one attached hydrogen (secondary N) is 1. The minimum Gasteiger partial charge on any atom is -0.489 e. The van der Waals surface area contributed by atoms with Gasteiger partial charge in [0.1, 0.15) is 23.9 Å². The van der Waals surface area contributed by atoms with E-state index in [1.807, 2.05) is 65.3 Å². The van der Waals surface area contributed by atoms with Crippen molar-refractivity contribution in [3.63, 3.8) is 0 Å². The molecule has 1 aromatic heterocycles. The van der Waals surface area contributed by atoms with Gasteiger partial charge in [-0.05, 0) is 48.4 Å². The van der Waals surface area contributed by atoms with E-state index >= 15 is 0 Å². The van der Waals surface area contributed by atoms with Crippen LogP contribution in [0, 0.1) is 0 Å². The monoisotopic (exact) mass is 435 g/mol. The minimum absolute atomic E-state index is 0.536. The van der Waals surface area contributed by atoms with E-state index in [0.29, 0.717) is 16.7 Å². The number of anilines is 1. The molecular weight excluding hydrogens is 417 g/mol. The van der Waals surface area contributed by atoms with E-state index < -0.39 is 0 Å². The first-order valence-corrected chi connectivity index (χ1v) is 10.5. The molecule has 1 aliphatic heterocycles. The predicted octanol–water partition coefficient (Wildman–Crippen LogP) is 6.39. The van der Waals surface area contributed by atoms with Crippen LogP contribution in [0.5, 0.6) is 5.75 Å². The van der Waals surface area contributed by atoms with Gasteiger partial charge in [-0.15, -0.1) is 0 Å². The average molecular weight is 436 g/mol. The van der Waals surface area contributed by atoms with E-state index in [9.17, 15) is 0 Å². The number of aromatic nitrogens is 2. The molecule has 0 saturated heterocycles. The normalized spacial score (nSPS) is 12.5. The lowest BCUT2D eigenvalue weighted by atomic mass is 10.1. The first-order valence-electron chi connectivity index (χ1n) is 9.78. The highest BCUT2D eigenvalue weighted by atomic mass is 35.5. The SMILES string of the molecule is Clc1cccc(Cl)c1-c1nn(-c2ccc(OCc3ccccc3)cc2)c2c1CCN2. The van der Waals surface area contributed by atoms with Gasteiger partial charge in [-0.2, -0.15) is 5.10 Å². The molecule has 2 heterocycles. The topological polar surface area (TPSA) is 39.1 Å². The lowest BCUT2D eigenvalue weighted by molar-refractivity contribution is 0.306. The molecule has 0 bridgehead atoms. The largest absolute Gasteiger partial charge is 0.489 e. The van der Waals surface area contributed by atoms with Crippen LogP contribution >= 0.6 is 23.2 Å². The first kappa shape index (κ1) is 19.0. The predicted molar refractivity (Wildman–Crippen MR) is 122 cm³/mol. The molecule has 0 radical (unpaired) electrons. The maximum absolute atomic E-state index is 6.46. The number of ether oxygens (including phenoxy) is 1. The molecule has 0 fully saturated rings. The van der Waals surface area contributed by atoms with Crippen molar-refractivity contribution in [2.75, 3.05) is 11.9 Å². The Kier molecular flexibility index (Phi) is 5.11. The van der Waals surface area contributed by atoms with Crippen LogP contribution in [-0.2, 0) is 13.0 Å². The number of rotatable bonds is 5. The molecular formula is C24H19Cl2N3O. The fraction of sp³-hybridized carbons (Fsp3) is 0.125. The summed E-state index contributed by atoms with van der Waals surface area (Å²) in [5.74, 6) is 1.80. The standard InChI is InChI=1S/C24H19Cl2N3O/c25-20-7-4-8-21(26)22(20)23-19-13-14-27-24(19)29(28-23)17-9-11-18(12-10-17)30-15-16-5-2-1-3-6-16/h1-12,27H,13-15H2. The number of benzene rings is 3. The highest BCUT2D eigenvalue weighted by Crippen LogP contribution is 2.40. The number of fused-ring (bicyclic) bond motifs is 1. The second-order valence-corrected chi connectivity index (χ2v) is 7.94. The van der Waals surface area contributed by atoms with Crippen LogP contribution < -0.4 is 10.1 Å². The van der Waals surface area contributed by atoms with E-state index in [4.69, 9.17) is 33.0 Å². The Morgan fingerprint density at radius 3 is 2.37 bits per heavy atom. The van der Waals surface area contributed by atoms with Crippen LogP contribution in [0.2, 0.25) is 10.0 Å². The summed E-state index contributed by atoms with van der Waals surface area (Å²) in [6.45, 7) is 1.40. The van der Waals surface area contributed by atoms with Crippen LogP contribution in [0.4, 0.5) is 5.82 Å². The smallest absolute Gasteiger partial charge is 0.133 e. The molecule has 0 aliphatic carbocycles. The highest BCUT2D eigenvalue weighted by molar-refractivity contribution is 6.39. The van der Waals surface area contributed by atoms with Gasteiger partial charge in [0.2, 0.25) is 0 Å². The van der Waals surface area contributed by atoms with Gasteiger partial charge < -0.3 is 10.1 Å². The second-order valence-electron chi connectivity index (χ2n) is 7.13. The lowest BCUT2D eigenvalue weighted by Gasteiger charge is -2.09. The molecule has 1 N–H and O–H groups in total. The van der Waals surface area contributed by atoms with Crippen LogP contribution in [0.15, 0.2) is 72.8 Å². The van der Waals surface area contributed by atoms with E-state index in [1.54, 1.807) is 0 Å². The number of hydrogen-bond acceptors (Lipinski definition) is 3. The summed E-state index contributed by atoms with van der Waals surface area (Å²) in [6.07, 6.45) is 0.879. The summed E-state index contributed by atoms with van der Waals surface area (Å²) < 4.78 is 7.82. The summed E-state index contributed by atoms with van der Waals surface area (Å²) in [5.41, 5.74) is 4.82. The molecule has 4 nitrogen and oxygen atoms in total. The summed E-state index contributed by atoms with van der Waals surface area (Å²) in [4.78, 5) is 0. The van der Waals surface area contributed by atoms with E-state index in [-0.39, 0.29) is 0 Å². The van der Waals surface area contributed by atoms with Crippen molar-refractivity contribution in [3.05, 3.63) is 94.0 Å². The maximum Gasteiger partial charge on any atom is 0.133 e. The summed E-state index contributed by atoms with van der Waals surface area (Å²) in [7, 11) is 0.